The van der Waals surface area contributed by atoms with Crippen molar-refractivity contribution in [2.24, 2.45) is 5.92 Å². The van der Waals surface area contributed by atoms with Crippen molar-refractivity contribution < 1.29 is 14.7 Å². The van der Waals surface area contributed by atoms with E-state index in [1.54, 1.807) is 0 Å². The van der Waals surface area contributed by atoms with Gasteiger partial charge in [0.05, 0.1) is 16.3 Å². The van der Waals surface area contributed by atoms with Crippen LogP contribution >= 0.6 is 23.2 Å². The summed E-state index contributed by atoms with van der Waals surface area (Å²) in [6.07, 6.45) is 1.18. The van der Waals surface area contributed by atoms with Crippen LogP contribution in [0.25, 0.3) is 0 Å². The van der Waals surface area contributed by atoms with Gasteiger partial charge in [0, 0.05) is 11.4 Å². The minimum atomic E-state index is -1.19. The number of benzene rings is 1. The van der Waals surface area contributed by atoms with Crippen molar-refractivity contribution in [3.8, 4) is 0 Å². The Hall–Kier alpha value is -1.26. The van der Waals surface area contributed by atoms with E-state index in [9.17, 15) is 9.59 Å². The Labute approximate surface area is 121 Å². The number of halogens is 2. The summed E-state index contributed by atoms with van der Waals surface area (Å²) in [5, 5.41) is 12.0. The van der Waals surface area contributed by atoms with E-state index in [-0.39, 0.29) is 33.1 Å². The van der Waals surface area contributed by atoms with E-state index in [4.69, 9.17) is 28.3 Å². The van der Waals surface area contributed by atoms with Crippen LogP contribution in [-0.4, -0.2) is 17.0 Å². The Morgan fingerprint density at radius 3 is 2.53 bits per heavy atom. The first-order valence-electron chi connectivity index (χ1n) is 5.87. The lowest BCUT2D eigenvalue weighted by Gasteiger charge is -2.13. The average molecular weight is 304 g/mol. The van der Waals surface area contributed by atoms with Crippen molar-refractivity contribution in [1.82, 2.24) is 0 Å². The maximum atomic E-state index is 11.8. The molecule has 19 heavy (non-hydrogen) atoms. The molecule has 2 N–H and O–H groups in total. The van der Waals surface area contributed by atoms with E-state index in [1.807, 2.05) is 13.8 Å². The highest BCUT2D eigenvalue weighted by molar-refractivity contribution is 6.37. The van der Waals surface area contributed by atoms with Crippen molar-refractivity contribution >= 4 is 40.8 Å². The molecule has 1 rings (SSSR count). The van der Waals surface area contributed by atoms with Gasteiger partial charge in [-0.05, 0) is 18.1 Å². The molecule has 1 unspecified atom stereocenters. The summed E-state index contributed by atoms with van der Waals surface area (Å²) in [6.45, 7) is 3.93. The van der Waals surface area contributed by atoms with Gasteiger partial charge in [0.2, 0.25) is 5.91 Å². The number of hydrogen-bond acceptors (Lipinski definition) is 2. The number of amides is 1. The summed E-state index contributed by atoms with van der Waals surface area (Å²) < 4.78 is 0. The van der Waals surface area contributed by atoms with Gasteiger partial charge in [0.1, 0.15) is 0 Å². The number of carbonyl (C=O) groups is 2. The second-order valence-electron chi connectivity index (χ2n) is 4.38. The molecule has 0 bridgehead atoms. The first-order valence-corrected chi connectivity index (χ1v) is 6.62. The molecule has 0 heterocycles. The fourth-order valence-corrected chi connectivity index (χ4v) is 2.06. The minimum Gasteiger partial charge on any atom is -0.478 e. The normalized spacial score (nSPS) is 12.0. The first kappa shape index (κ1) is 15.8. The van der Waals surface area contributed by atoms with Gasteiger partial charge in [-0.3, -0.25) is 4.79 Å². The van der Waals surface area contributed by atoms with Crippen LogP contribution in [0.3, 0.4) is 0 Å². The van der Waals surface area contributed by atoms with Crippen molar-refractivity contribution in [2.45, 2.75) is 26.7 Å². The molecule has 1 aromatic carbocycles. The summed E-state index contributed by atoms with van der Waals surface area (Å²) in [4.78, 5) is 22.9. The second-order valence-corrected chi connectivity index (χ2v) is 5.22. The monoisotopic (exact) mass is 303 g/mol. The highest BCUT2D eigenvalue weighted by atomic mass is 35.5. The molecule has 0 saturated heterocycles. The third kappa shape index (κ3) is 4.40. The standard InChI is InChI=1S/C13H15Cl2NO3/c1-3-7(2)4-11(17)16-12-9(13(18)19)5-8(14)6-10(12)15/h5-7H,3-4H2,1-2H3,(H,16,17)(H,18,19). The fourth-order valence-electron chi connectivity index (χ4n) is 1.52. The molecule has 0 radical (unpaired) electrons. The highest BCUT2D eigenvalue weighted by Crippen LogP contribution is 2.30. The van der Waals surface area contributed by atoms with Crippen molar-refractivity contribution in [2.75, 3.05) is 5.32 Å². The lowest BCUT2D eigenvalue weighted by atomic mass is 10.0. The molecule has 4 nitrogen and oxygen atoms in total. The lowest BCUT2D eigenvalue weighted by Crippen LogP contribution is -2.17. The topological polar surface area (TPSA) is 66.4 Å². The zero-order valence-corrected chi connectivity index (χ0v) is 12.2. The predicted molar refractivity (Wildman–Crippen MR) is 76.1 cm³/mol. The fraction of sp³-hybridized carbons (Fsp3) is 0.385. The molecule has 0 aliphatic heterocycles. The molecule has 0 fully saturated rings. The van der Waals surface area contributed by atoms with Crippen LogP contribution < -0.4 is 5.32 Å². The van der Waals surface area contributed by atoms with E-state index in [2.05, 4.69) is 5.32 Å². The number of carbonyl (C=O) groups excluding carboxylic acids is 1. The van der Waals surface area contributed by atoms with Crippen LogP contribution in [0.15, 0.2) is 12.1 Å². The molecule has 104 valence electrons. The number of rotatable bonds is 5. The van der Waals surface area contributed by atoms with E-state index < -0.39 is 5.97 Å². The number of aromatic carboxylic acids is 1. The lowest BCUT2D eigenvalue weighted by molar-refractivity contribution is -0.117. The number of nitrogens with one attached hydrogen (secondary N) is 1. The van der Waals surface area contributed by atoms with Crippen molar-refractivity contribution in [3.05, 3.63) is 27.7 Å². The molecule has 0 aliphatic rings. The third-order valence-corrected chi connectivity index (χ3v) is 3.30. The Balaban J connectivity index is 3.00. The summed E-state index contributed by atoms with van der Waals surface area (Å²) in [5.74, 6) is -1.23. The number of carboxylic acids is 1. The summed E-state index contributed by atoms with van der Waals surface area (Å²) >= 11 is 11.7. The molecule has 0 spiro atoms. The van der Waals surface area contributed by atoms with Gasteiger partial charge < -0.3 is 10.4 Å². The largest absolute Gasteiger partial charge is 0.478 e. The van der Waals surface area contributed by atoms with Crippen LogP contribution in [-0.2, 0) is 4.79 Å². The van der Waals surface area contributed by atoms with Crippen LogP contribution in [0.2, 0.25) is 10.0 Å². The van der Waals surface area contributed by atoms with E-state index in [0.29, 0.717) is 6.42 Å². The van der Waals surface area contributed by atoms with Gasteiger partial charge in [0.25, 0.3) is 0 Å². The van der Waals surface area contributed by atoms with E-state index in [1.165, 1.54) is 12.1 Å². The van der Waals surface area contributed by atoms with Crippen molar-refractivity contribution in [3.63, 3.8) is 0 Å². The Kier molecular flexibility index (Phi) is 5.63. The van der Waals surface area contributed by atoms with Gasteiger partial charge in [-0.25, -0.2) is 4.79 Å². The van der Waals surface area contributed by atoms with Crippen LogP contribution in [0.5, 0.6) is 0 Å². The Bertz CT molecular complexity index is 503. The third-order valence-electron chi connectivity index (χ3n) is 2.78. The van der Waals surface area contributed by atoms with E-state index in [0.717, 1.165) is 6.42 Å². The predicted octanol–water partition coefficient (Wildman–Crippen LogP) is 4.07. The summed E-state index contributed by atoms with van der Waals surface area (Å²) in [7, 11) is 0. The average Bonchev–Trinajstić information content (AvgIpc) is 2.31. The van der Waals surface area contributed by atoms with Gasteiger partial charge in [0.15, 0.2) is 0 Å². The van der Waals surface area contributed by atoms with Gasteiger partial charge in [-0.1, -0.05) is 43.5 Å². The minimum absolute atomic E-state index is 0.0897. The van der Waals surface area contributed by atoms with Crippen LogP contribution in [0.1, 0.15) is 37.0 Å². The Morgan fingerprint density at radius 2 is 2.00 bits per heavy atom. The number of anilines is 1. The van der Waals surface area contributed by atoms with E-state index >= 15 is 0 Å². The zero-order chi connectivity index (χ0) is 14.6. The molecule has 1 amide bonds. The molecule has 6 heteroatoms. The summed E-state index contributed by atoms with van der Waals surface area (Å²) in [6, 6.07) is 2.66. The highest BCUT2D eigenvalue weighted by Gasteiger charge is 2.18. The maximum Gasteiger partial charge on any atom is 0.337 e. The number of carboxylic acid groups (broad SMARTS) is 1. The molecule has 1 aromatic rings. The van der Waals surface area contributed by atoms with Gasteiger partial charge in [-0.15, -0.1) is 0 Å². The quantitative estimate of drug-likeness (QED) is 0.862. The zero-order valence-electron chi connectivity index (χ0n) is 10.7. The van der Waals surface area contributed by atoms with Crippen LogP contribution in [0.4, 0.5) is 5.69 Å². The molecule has 0 aliphatic carbocycles. The smallest absolute Gasteiger partial charge is 0.337 e. The maximum absolute atomic E-state index is 11.8. The molecular weight excluding hydrogens is 289 g/mol. The molecule has 0 saturated carbocycles. The second kappa shape index (κ2) is 6.78. The first-order chi connectivity index (χ1) is 8.85. The molecule has 1 atom stereocenters. The van der Waals surface area contributed by atoms with Gasteiger partial charge >= 0.3 is 5.97 Å². The number of hydrogen-bond donors (Lipinski definition) is 2. The van der Waals surface area contributed by atoms with Gasteiger partial charge in [-0.2, -0.15) is 0 Å². The SMILES string of the molecule is CCC(C)CC(=O)Nc1c(Cl)cc(Cl)cc1C(=O)O. The molecule has 0 aromatic heterocycles. The van der Waals surface area contributed by atoms with Crippen molar-refractivity contribution in [1.29, 1.82) is 0 Å². The Morgan fingerprint density at radius 1 is 1.37 bits per heavy atom. The van der Waals surface area contributed by atoms with Crippen LogP contribution in [0, 0.1) is 5.92 Å². The molecular formula is C13H15Cl2NO3. The summed E-state index contributed by atoms with van der Waals surface area (Å²) in [5.41, 5.74) is -0.0260.